The number of halogens is 1. The lowest BCUT2D eigenvalue weighted by atomic mass is 10.1. The van der Waals surface area contributed by atoms with E-state index in [-0.39, 0.29) is 5.83 Å². The van der Waals surface area contributed by atoms with Gasteiger partial charge in [-0.25, -0.2) is 14.4 Å². The molecule has 39 heavy (non-hydrogen) atoms. The van der Waals surface area contributed by atoms with E-state index < -0.39 is 6.10 Å². The SMILES string of the molecule is C=C.C=CN=C(/N=C\C)N1CN=C(/C(C)=C/C=C(\C)F)C=C1CCCN(CCCC)CC(O)c1ccccc1. The zero-order valence-corrected chi connectivity index (χ0v) is 24.2. The molecule has 1 aromatic rings. The van der Waals surface area contributed by atoms with Crippen LogP contribution in [0.15, 0.2) is 107 Å². The van der Waals surface area contributed by atoms with Gasteiger partial charge in [-0.2, -0.15) is 0 Å². The number of hydrogen-bond donors (Lipinski definition) is 1. The Morgan fingerprint density at radius 2 is 1.87 bits per heavy atom. The largest absolute Gasteiger partial charge is 0.387 e. The van der Waals surface area contributed by atoms with Crippen molar-refractivity contribution in [2.24, 2.45) is 15.0 Å². The van der Waals surface area contributed by atoms with Gasteiger partial charge in [0.15, 0.2) is 0 Å². The Hall–Kier alpha value is -3.42. The molecule has 0 amide bonds. The Labute approximate surface area is 235 Å². The highest BCUT2D eigenvalue weighted by Gasteiger charge is 2.21. The van der Waals surface area contributed by atoms with Crippen molar-refractivity contribution in [3.8, 4) is 0 Å². The molecule has 0 aromatic heterocycles. The van der Waals surface area contributed by atoms with Crippen LogP contribution in [0.25, 0.3) is 0 Å². The van der Waals surface area contributed by atoms with E-state index in [1.165, 1.54) is 19.2 Å². The minimum atomic E-state index is -0.521. The molecule has 1 unspecified atom stereocenters. The number of benzene rings is 1. The van der Waals surface area contributed by atoms with E-state index in [4.69, 9.17) is 4.99 Å². The maximum atomic E-state index is 13.3. The maximum Gasteiger partial charge on any atom is 0.230 e. The summed E-state index contributed by atoms with van der Waals surface area (Å²) >= 11 is 0. The summed E-state index contributed by atoms with van der Waals surface area (Å²) in [6.45, 7) is 19.9. The van der Waals surface area contributed by atoms with Crippen LogP contribution in [0.2, 0.25) is 0 Å². The van der Waals surface area contributed by atoms with E-state index in [1.54, 1.807) is 12.3 Å². The highest BCUT2D eigenvalue weighted by atomic mass is 19.1. The molecule has 0 saturated heterocycles. The first-order valence-corrected chi connectivity index (χ1v) is 13.6. The molecule has 0 fully saturated rings. The maximum absolute atomic E-state index is 13.3. The van der Waals surface area contributed by atoms with Crippen molar-refractivity contribution in [3.63, 3.8) is 0 Å². The predicted octanol–water partition coefficient (Wildman–Crippen LogP) is 7.41. The molecule has 0 spiro atoms. The molecule has 0 radical (unpaired) electrons. The van der Waals surface area contributed by atoms with Gasteiger partial charge >= 0.3 is 0 Å². The van der Waals surface area contributed by atoms with Gasteiger partial charge in [-0.15, -0.1) is 13.2 Å². The van der Waals surface area contributed by atoms with Crippen LogP contribution in [-0.4, -0.2) is 59.1 Å². The average Bonchev–Trinajstić information content (AvgIpc) is 2.95. The lowest BCUT2D eigenvalue weighted by molar-refractivity contribution is 0.111. The molecule has 6 nitrogen and oxygen atoms in total. The van der Waals surface area contributed by atoms with Gasteiger partial charge < -0.3 is 10.0 Å². The third-order valence-electron chi connectivity index (χ3n) is 6.04. The van der Waals surface area contributed by atoms with Crippen LogP contribution in [0, 0.1) is 0 Å². The van der Waals surface area contributed by atoms with Crippen molar-refractivity contribution < 1.29 is 9.50 Å². The second kappa shape index (κ2) is 19.6. The van der Waals surface area contributed by atoms with Crippen molar-refractivity contribution in [2.75, 3.05) is 26.3 Å². The smallest absolute Gasteiger partial charge is 0.230 e. The zero-order chi connectivity index (χ0) is 29.0. The molecule has 212 valence electrons. The number of aliphatic hydroxyl groups excluding tert-OH is 1. The normalized spacial score (nSPS) is 15.6. The van der Waals surface area contributed by atoms with Gasteiger partial charge in [0, 0.05) is 24.7 Å². The van der Waals surface area contributed by atoms with Crippen LogP contribution in [0.5, 0.6) is 0 Å². The number of guanidine groups is 1. The first kappa shape index (κ1) is 33.6. The minimum absolute atomic E-state index is 0.246. The Morgan fingerprint density at radius 1 is 1.18 bits per heavy atom. The fraction of sp³-hybridized carbons (Fsp3) is 0.406. The fourth-order valence-corrected chi connectivity index (χ4v) is 4.04. The summed E-state index contributed by atoms with van der Waals surface area (Å²) in [5.74, 6) is 0.291. The van der Waals surface area contributed by atoms with Gasteiger partial charge in [0.1, 0.15) is 6.67 Å². The molecule has 1 aliphatic rings. The van der Waals surface area contributed by atoms with Crippen molar-refractivity contribution in [3.05, 3.63) is 97.2 Å². The molecule has 1 heterocycles. The van der Waals surface area contributed by atoms with E-state index in [0.717, 1.165) is 61.3 Å². The topological polar surface area (TPSA) is 63.8 Å². The molecule has 1 atom stereocenters. The standard InChI is InChI=1S/C30H42FN5O.C2H4/c1-6-9-19-35(22-29(37)26-14-11-10-12-15-26)20-13-16-27-21-28(24(4)17-18-25(5)31)34-23-36(27)30(32-7-2)33-8-3;1-2/h7-8,10-12,14-15,17-18,21,29,37H,2,6,9,13,16,19-20,22-23H2,1,3-5H3;1-2H2/b24-17+,25-18+,32-30?,33-8-;. The first-order valence-electron chi connectivity index (χ1n) is 13.6. The molecule has 1 N–H and O–H groups in total. The lowest BCUT2D eigenvalue weighted by Crippen LogP contribution is -2.34. The van der Waals surface area contributed by atoms with Crippen LogP contribution < -0.4 is 0 Å². The number of nitrogens with zero attached hydrogens (tertiary/aromatic N) is 5. The number of hydrogen-bond acceptors (Lipinski definition) is 4. The summed E-state index contributed by atoms with van der Waals surface area (Å²) in [6.07, 6.45) is 11.8. The third-order valence-corrected chi connectivity index (χ3v) is 6.04. The summed E-state index contributed by atoms with van der Waals surface area (Å²) in [5.41, 5.74) is 3.70. The molecule has 2 rings (SSSR count). The van der Waals surface area contributed by atoms with Crippen molar-refractivity contribution >= 4 is 17.9 Å². The highest BCUT2D eigenvalue weighted by molar-refractivity contribution is 6.09. The quantitative estimate of drug-likeness (QED) is 0.124. The summed E-state index contributed by atoms with van der Waals surface area (Å²) < 4.78 is 13.3. The molecular formula is C32H46FN5O. The second-order valence-corrected chi connectivity index (χ2v) is 9.03. The van der Waals surface area contributed by atoms with E-state index in [9.17, 15) is 9.50 Å². The molecule has 1 aromatic carbocycles. The van der Waals surface area contributed by atoms with Gasteiger partial charge in [-0.3, -0.25) is 9.89 Å². The zero-order valence-electron chi connectivity index (χ0n) is 24.2. The number of unbranched alkanes of at least 4 members (excludes halogenated alkanes) is 1. The Bertz CT molecular complexity index is 1050. The Kier molecular flexibility index (Phi) is 16.9. The van der Waals surface area contributed by atoms with Crippen molar-refractivity contribution in [2.45, 2.75) is 59.5 Å². The van der Waals surface area contributed by atoms with Crippen LogP contribution in [0.1, 0.15) is 65.0 Å². The predicted molar refractivity (Wildman–Crippen MR) is 166 cm³/mol. The Balaban J connectivity index is 0.00000371. The minimum Gasteiger partial charge on any atom is -0.387 e. The molecule has 0 saturated carbocycles. The fourth-order valence-electron chi connectivity index (χ4n) is 4.04. The number of allylic oxidation sites excluding steroid dienone is 6. The summed E-state index contributed by atoms with van der Waals surface area (Å²) in [5, 5.41) is 10.8. The highest BCUT2D eigenvalue weighted by Crippen LogP contribution is 2.21. The van der Waals surface area contributed by atoms with E-state index in [2.05, 4.69) is 41.5 Å². The van der Waals surface area contributed by atoms with Crippen LogP contribution in [0.3, 0.4) is 0 Å². The van der Waals surface area contributed by atoms with E-state index in [1.807, 2.05) is 55.2 Å². The molecule has 0 aliphatic carbocycles. The number of aliphatic imine (C=N–C) groups is 3. The lowest BCUT2D eigenvalue weighted by Gasteiger charge is -2.30. The summed E-state index contributed by atoms with van der Waals surface area (Å²) in [6, 6.07) is 9.82. The average molecular weight is 536 g/mol. The van der Waals surface area contributed by atoms with Crippen molar-refractivity contribution in [1.82, 2.24) is 9.80 Å². The molecule has 1 aliphatic heterocycles. The number of rotatable bonds is 13. The third kappa shape index (κ3) is 12.3. The van der Waals surface area contributed by atoms with Crippen LogP contribution in [0.4, 0.5) is 4.39 Å². The molecule has 0 bridgehead atoms. The second-order valence-electron chi connectivity index (χ2n) is 9.03. The first-order chi connectivity index (χ1) is 18.9. The monoisotopic (exact) mass is 535 g/mol. The Morgan fingerprint density at radius 3 is 2.49 bits per heavy atom. The van der Waals surface area contributed by atoms with Crippen LogP contribution in [-0.2, 0) is 0 Å². The van der Waals surface area contributed by atoms with Gasteiger partial charge in [-0.05, 0) is 76.4 Å². The summed E-state index contributed by atoms with van der Waals surface area (Å²) in [4.78, 5) is 17.8. The van der Waals surface area contributed by atoms with Gasteiger partial charge in [0.05, 0.1) is 17.6 Å². The van der Waals surface area contributed by atoms with Gasteiger partial charge in [-0.1, -0.05) is 56.3 Å². The van der Waals surface area contributed by atoms with E-state index >= 15 is 0 Å². The van der Waals surface area contributed by atoms with Gasteiger partial charge in [0.25, 0.3) is 0 Å². The molecular weight excluding hydrogens is 489 g/mol. The summed E-state index contributed by atoms with van der Waals surface area (Å²) in [7, 11) is 0. The molecule has 7 heteroatoms. The van der Waals surface area contributed by atoms with Crippen molar-refractivity contribution in [1.29, 1.82) is 0 Å². The van der Waals surface area contributed by atoms with Crippen LogP contribution >= 0.6 is 0 Å². The number of aliphatic hydroxyl groups is 1. The van der Waals surface area contributed by atoms with Gasteiger partial charge in [0.2, 0.25) is 5.96 Å². The van der Waals surface area contributed by atoms with E-state index in [0.29, 0.717) is 19.2 Å².